The molecule has 0 spiro atoms. The molecule has 0 heterocycles. The number of aliphatic carboxylic acids is 1. The Balaban J connectivity index is 3.03. The maximum absolute atomic E-state index is 12.9. The van der Waals surface area contributed by atoms with Crippen molar-refractivity contribution >= 4 is 15.8 Å². The fourth-order valence-corrected chi connectivity index (χ4v) is 2.76. The van der Waals surface area contributed by atoms with Gasteiger partial charge in [-0.25, -0.2) is 12.8 Å². The quantitative estimate of drug-likeness (QED) is 0.781. The van der Waals surface area contributed by atoms with Crippen LogP contribution in [0.3, 0.4) is 0 Å². The zero-order chi connectivity index (χ0) is 15.4. The summed E-state index contributed by atoms with van der Waals surface area (Å²) in [4.78, 5) is 11.6. The molecule has 1 aromatic carbocycles. The molecule has 0 aliphatic rings. The summed E-state index contributed by atoms with van der Waals surface area (Å²) >= 11 is 0. The van der Waals surface area contributed by atoms with E-state index in [1.54, 1.807) is 0 Å². The summed E-state index contributed by atoms with van der Waals surface area (Å²) in [6.07, 6.45) is 1.35. The van der Waals surface area contributed by atoms with E-state index in [9.17, 15) is 22.7 Å². The van der Waals surface area contributed by atoms with Crippen LogP contribution in [0.15, 0.2) is 24.3 Å². The maximum Gasteiger partial charge on any atom is 0.315 e. The van der Waals surface area contributed by atoms with Crippen molar-refractivity contribution in [1.29, 1.82) is 0 Å². The van der Waals surface area contributed by atoms with Crippen molar-refractivity contribution in [3.05, 3.63) is 35.6 Å². The van der Waals surface area contributed by atoms with E-state index in [4.69, 9.17) is 5.73 Å². The highest BCUT2D eigenvalue weighted by molar-refractivity contribution is 7.90. The Bertz CT molecular complexity index is 571. The molecule has 0 saturated heterocycles. The fourth-order valence-electron chi connectivity index (χ4n) is 2.09. The predicted molar refractivity (Wildman–Crippen MR) is 73.7 cm³/mol. The Morgan fingerprint density at radius 3 is 2.30 bits per heavy atom. The van der Waals surface area contributed by atoms with E-state index in [0.29, 0.717) is 5.56 Å². The molecule has 0 amide bonds. The summed E-state index contributed by atoms with van der Waals surface area (Å²) in [5.74, 6) is -1.72. The highest BCUT2D eigenvalue weighted by Gasteiger charge is 2.38. The van der Waals surface area contributed by atoms with Gasteiger partial charge in [-0.2, -0.15) is 0 Å². The average molecular weight is 303 g/mol. The summed E-state index contributed by atoms with van der Waals surface area (Å²) < 4.78 is 35.2. The number of carbonyl (C=O) groups is 1. The van der Waals surface area contributed by atoms with Crippen molar-refractivity contribution in [2.45, 2.75) is 18.3 Å². The Morgan fingerprint density at radius 2 is 1.90 bits per heavy atom. The third-order valence-electron chi connectivity index (χ3n) is 3.27. The second kappa shape index (κ2) is 6.32. The van der Waals surface area contributed by atoms with Gasteiger partial charge in [0.15, 0.2) is 0 Å². The van der Waals surface area contributed by atoms with Crippen molar-refractivity contribution in [2.75, 3.05) is 18.6 Å². The molecule has 0 bridgehead atoms. The van der Waals surface area contributed by atoms with Gasteiger partial charge in [-0.1, -0.05) is 12.1 Å². The molecule has 1 rings (SSSR count). The van der Waals surface area contributed by atoms with Crippen LogP contribution in [0.1, 0.15) is 18.4 Å². The largest absolute Gasteiger partial charge is 0.481 e. The molecule has 0 radical (unpaired) electrons. The number of halogens is 1. The van der Waals surface area contributed by atoms with Gasteiger partial charge >= 0.3 is 5.97 Å². The first-order valence-corrected chi connectivity index (χ1v) is 8.14. The summed E-state index contributed by atoms with van der Waals surface area (Å²) in [7, 11) is -3.16. The number of hydrogen-bond donors (Lipinski definition) is 2. The van der Waals surface area contributed by atoms with Gasteiger partial charge in [0.05, 0.1) is 0 Å². The summed E-state index contributed by atoms with van der Waals surface area (Å²) in [6.45, 7) is -0.183. The van der Waals surface area contributed by atoms with Gasteiger partial charge in [0.25, 0.3) is 0 Å². The van der Waals surface area contributed by atoms with Crippen molar-refractivity contribution in [3.8, 4) is 0 Å². The predicted octanol–water partition coefficient (Wildman–Crippen LogP) is 0.932. The van der Waals surface area contributed by atoms with Gasteiger partial charge in [0, 0.05) is 18.6 Å². The third-order valence-corrected chi connectivity index (χ3v) is 4.30. The zero-order valence-electron chi connectivity index (χ0n) is 11.2. The summed E-state index contributed by atoms with van der Waals surface area (Å²) in [5.41, 5.74) is 4.59. The van der Waals surface area contributed by atoms with Gasteiger partial charge in [0.2, 0.25) is 0 Å². The molecule has 7 heteroatoms. The first kappa shape index (κ1) is 16.6. The van der Waals surface area contributed by atoms with Gasteiger partial charge < -0.3 is 10.8 Å². The van der Waals surface area contributed by atoms with E-state index in [2.05, 4.69) is 0 Å². The zero-order valence-corrected chi connectivity index (χ0v) is 12.0. The minimum atomic E-state index is -3.16. The minimum Gasteiger partial charge on any atom is -0.481 e. The molecule has 0 aromatic heterocycles. The minimum absolute atomic E-state index is 0.0809. The first-order valence-electron chi connectivity index (χ1n) is 6.08. The number of benzene rings is 1. The molecule has 112 valence electrons. The number of carboxylic acid groups (broad SMARTS) is 1. The second-order valence-electron chi connectivity index (χ2n) is 4.83. The van der Waals surface area contributed by atoms with Crippen LogP contribution in [-0.2, 0) is 20.0 Å². The Labute approximate surface area is 117 Å². The van der Waals surface area contributed by atoms with Crippen LogP contribution in [0.25, 0.3) is 0 Å². The van der Waals surface area contributed by atoms with Crippen molar-refractivity contribution in [1.82, 2.24) is 0 Å². The van der Waals surface area contributed by atoms with E-state index >= 15 is 0 Å². The molecular weight excluding hydrogens is 285 g/mol. The lowest BCUT2D eigenvalue weighted by Crippen LogP contribution is -2.43. The normalized spacial score (nSPS) is 14.8. The smallest absolute Gasteiger partial charge is 0.315 e. The monoisotopic (exact) mass is 303 g/mol. The molecule has 20 heavy (non-hydrogen) atoms. The van der Waals surface area contributed by atoms with Crippen LogP contribution in [0.2, 0.25) is 0 Å². The number of rotatable bonds is 7. The highest BCUT2D eigenvalue weighted by Crippen LogP contribution is 2.29. The van der Waals surface area contributed by atoms with Crippen LogP contribution in [0, 0.1) is 5.82 Å². The number of nitrogens with two attached hydrogens (primary N) is 1. The Kier molecular flexibility index (Phi) is 5.24. The molecule has 5 nitrogen and oxygen atoms in total. The molecule has 1 unspecified atom stereocenters. The second-order valence-corrected chi connectivity index (χ2v) is 7.09. The molecule has 0 aliphatic carbocycles. The van der Waals surface area contributed by atoms with E-state index in [1.807, 2.05) is 0 Å². The number of carboxylic acids is 1. The Morgan fingerprint density at radius 1 is 1.35 bits per heavy atom. The van der Waals surface area contributed by atoms with Crippen LogP contribution in [-0.4, -0.2) is 38.0 Å². The van der Waals surface area contributed by atoms with Crippen molar-refractivity contribution < 1.29 is 22.7 Å². The van der Waals surface area contributed by atoms with Crippen LogP contribution >= 0.6 is 0 Å². The van der Waals surface area contributed by atoms with Crippen molar-refractivity contribution in [3.63, 3.8) is 0 Å². The summed E-state index contributed by atoms with van der Waals surface area (Å²) in [5, 5.41) is 9.45. The van der Waals surface area contributed by atoms with E-state index in [1.165, 1.54) is 24.3 Å². The highest BCUT2D eigenvalue weighted by atomic mass is 32.2. The Hall–Kier alpha value is -1.47. The maximum atomic E-state index is 12.9. The van der Waals surface area contributed by atoms with Crippen LogP contribution < -0.4 is 5.73 Å². The topological polar surface area (TPSA) is 97.5 Å². The fraction of sp³-hybridized carbons (Fsp3) is 0.462. The molecule has 1 atom stereocenters. The van der Waals surface area contributed by atoms with Crippen LogP contribution in [0.4, 0.5) is 4.39 Å². The lowest BCUT2D eigenvalue weighted by Gasteiger charge is -2.28. The number of hydrogen-bond acceptors (Lipinski definition) is 4. The molecule has 0 fully saturated rings. The molecule has 1 aromatic rings. The van der Waals surface area contributed by atoms with Crippen LogP contribution in [0.5, 0.6) is 0 Å². The molecule has 0 saturated carbocycles. The lowest BCUT2D eigenvalue weighted by molar-refractivity contribution is -0.143. The lowest BCUT2D eigenvalue weighted by atomic mass is 9.77. The van der Waals surface area contributed by atoms with Gasteiger partial charge in [-0.3, -0.25) is 4.79 Å². The van der Waals surface area contributed by atoms with Gasteiger partial charge in [0.1, 0.15) is 21.1 Å². The molecule has 0 aliphatic heterocycles. The first-order chi connectivity index (χ1) is 9.21. The van der Waals surface area contributed by atoms with Crippen molar-refractivity contribution in [2.24, 2.45) is 5.73 Å². The van der Waals surface area contributed by atoms with Gasteiger partial charge in [-0.15, -0.1) is 0 Å². The summed E-state index contributed by atoms with van der Waals surface area (Å²) in [6, 6.07) is 5.08. The van der Waals surface area contributed by atoms with E-state index in [-0.39, 0.29) is 25.1 Å². The van der Waals surface area contributed by atoms with E-state index in [0.717, 1.165) is 6.26 Å². The average Bonchev–Trinajstić information content (AvgIpc) is 2.34. The van der Waals surface area contributed by atoms with Gasteiger partial charge in [-0.05, 0) is 30.5 Å². The standard InChI is InChI=1S/C13H18FNO4S/c1-20(18,19)8-2-7-13(9-15,12(16)17)10-3-5-11(14)6-4-10/h3-6H,2,7-9,15H2,1H3,(H,16,17). The number of sulfone groups is 1. The van der Waals surface area contributed by atoms with E-state index < -0.39 is 27.0 Å². The molecule has 3 N–H and O–H groups in total. The third kappa shape index (κ3) is 4.01. The molecular formula is C13H18FNO4S. The SMILES string of the molecule is CS(=O)(=O)CCCC(CN)(C(=O)O)c1ccc(F)cc1.